The summed E-state index contributed by atoms with van der Waals surface area (Å²) >= 11 is 3.11. The predicted octanol–water partition coefficient (Wildman–Crippen LogP) is 7.64. The highest BCUT2D eigenvalue weighted by molar-refractivity contribution is 9.10. The predicted molar refractivity (Wildman–Crippen MR) is 116 cm³/mol. The minimum absolute atomic E-state index is 0.354. The zero-order valence-electron chi connectivity index (χ0n) is 15.4. The first-order valence-electron chi connectivity index (χ1n) is 9.12. The van der Waals surface area contributed by atoms with Gasteiger partial charge in [0.15, 0.2) is 0 Å². The maximum atomic E-state index is 14.7. The Hall–Kier alpha value is -2.98. The van der Waals surface area contributed by atoms with Crippen LogP contribution in [0.15, 0.2) is 95.5 Å². The zero-order valence-corrected chi connectivity index (χ0v) is 17.0. The summed E-state index contributed by atoms with van der Waals surface area (Å²) in [4.78, 5) is 0. The molecule has 0 bridgehead atoms. The number of benzene rings is 4. The van der Waals surface area contributed by atoms with E-state index in [9.17, 15) is 8.78 Å². The van der Waals surface area contributed by atoms with Crippen LogP contribution in [0.2, 0.25) is 0 Å². The lowest BCUT2D eigenvalue weighted by Gasteiger charge is -2.09. The lowest BCUT2D eigenvalue weighted by Crippen LogP contribution is -1.94. The first-order chi connectivity index (χ1) is 14.1. The van der Waals surface area contributed by atoms with Crippen molar-refractivity contribution in [2.45, 2.75) is 6.61 Å². The molecule has 29 heavy (non-hydrogen) atoms. The molecular weight excluding hydrogens is 434 g/mol. The van der Waals surface area contributed by atoms with Crippen LogP contribution in [0.25, 0.3) is 22.3 Å². The van der Waals surface area contributed by atoms with E-state index in [1.165, 1.54) is 12.1 Å². The summed E-state index contributed by atoms with van der Waals surface area (Å²) in [6.45, 7) is 0.493. The maximum absolute atomic E-state index is 14.7. The van der Waals surface area contributed by atoms with Crippen molar-refractivity contribution in [3.05, 3.63) is 113 Å². The van der Waals surface area contributed by atoms with Gasteiger partial charge in [0.1, 0.15) is 24.0 Å². The molecule has 0 radical (unpaired) electrons. The second-order valence-corrected chi connectivity index (χ2v) is 7.48. The Labute approximate surface area is 176 Å². The van der Waals surface area contributed by atoms with Crippen molar-refractivity contribution in [1.29, 1.82) is 0 Å². The monoisotopic (exact) mass is 450 g/mol. The molecule has 0 heterocycles. The molecule has 4 rings (SSSR count). The van der Waals surface area contributed by atoms with E-state index in [4.69, 9.17) is 4.74 Å². The Kier molecular flexibility index (Phi) is 5.72. The van der Waals surface area contributed by atoms with Crippen molar-refractivity contribution in [3.8, 4) is 28.0 Å². The van der Waals surface area contributed by atoms with Gasteiger partial charge in [-0.05, 0) is 68.5 Å². The number of ether oxygens (including phenoxy) is 1. The van der Waals surface area contributed by atoms with Gasteiger partial charge in [0, 0.05) is 5.56 Å². The van der Waals surface area contributed by atoms with Crippen LogP contribution in [0.1, 0.15) is 5.56 Å². The van der Waals surface area contributed by atoms with Crippen molar-refractivity contribution >= 4 is 15.9 Å². The highest BCUT2D eigenvalue weighted by Crippen LogP contribution is 2.30. The molecule has 4 heteroatoms. The van der Waals surface area contributed by atoms with Gasteiger partial charge in [0.2, 0.25) is 0 Å². The van der Waals surface area contributed by atoms with E-state index in [2.05, 4.69) is 15.9 Å². The van der Waals surface area contributed by atoms with Gasteiger partial charge in [-0.2, -0.15) is 0 Å². The van der Waals surface area contributed by atoms with Crippen LogP contribution in [-0.4, -0.2) is 0 Å². The molecule has 0 N–H and O–H groups in total. The van der Waals surface area contributed by atoms with Gasteiger partial charge in [-0.1, -0.05) is 60.7 Å². The van der Waals surface area contributed by atoms with Crippen molar-refractivity contribution in [3.63, 3.8) is 0 Å². The van der Waals surface area contributed by atoms with E-state index < -0.39 is 11.6 Å². The van der Waals surface area contributed by atoms with Crippen molar-refractivity contribution in [2.75, 3.05) is 0 Å². The highest BCUT2D eigenvalue weighted by atomic mass is 79.9. The topological polar surface area (TPSA) is 9.23 Å². The summed E-state index contributed by atoms with van der Waals surface area (Å²) in [5, 5.41) is 0. The SMILES string of the molecule is Fc1cc(-c2ccc(-c3ccc(OCc4ccccc4)cc3)cc2F)ccc1Br. The van der Waals surface area contributed by atoms with Crippen molar-refractivity contribution in [2.24, 2.45) is 0 Å². The van der Waals surface area contributed by atoms with Crippen LogP contribution in [0.3, 0.4) is 0 Å². The van der Waals surface area contributed by atoms with Crippen LogP contribution >= 0.6 is 15.9 Å². The maximum Gasteiger partial charge on any atom is 0.137 e. The minimum Gasteiger partial charge on any atom is -0.489 e. The van der Waals surface area contributed by atoms with E-state index in [1.807, 2.05) is 60.7 Å². The highest BCUT2D eigenvalue weighted by Gasteiger charge is 2.10. The molecule has 0 aliphatic heterocycles. The molecule has 4 aromatic carbocycles. The zero-order chi connectivity index (χ0) is 20.2. The van der Waals surface area contributed by atoms with Gasteiger partial charge in [-0.15, -0.1) is 0 Å². The summed E-state index contributed by atoms with van der Waals surface area (Å²) in [5.74, 6) is -0.0641. The van der Waals surface area contributed by atoms with Gasteiger partial charge < -0.3 is 4.74 Å². The first kappa shape index (κ1) is 19.3. The average Bonchev–Trinajstić information content (AvgIpc) is 2.75. The molecule has 0 spiro atoms. The molecule has 1 nitrogen and oxygen atoms in total. The second-order valence-electron chi connectivity index (χ2n) is 6.62. The van der Waals surface area contributed by atoms with Crippen LogP contribution in [0, 0.1) is 11.6 Å². The lowest BCUT2D eigenvalue weighted by molar-refractivity contribution is 0.306. The molecule has 144 valence electrons. The third kappa shape index (κ3) is 4.54. The Morgan fingerprint density at radius 3 is 2.00 bits per heavy atom. The Morgan fingerprint density at radius 1 is 0.655 bits per heavy atom. The molecule has 0 atom stereocenters. The van der Waals surface area contributed by atoms with Gasteiger partial charge >= 0.3 is 0 Å². The van der Waals surface area contributed by atoms with E-state index >= 15 is 0 Å². The quantitative estimate of drug-likeness (QED) is 0.303. The Morgan fingerprint density at radius 2 is 1.31 bits per heavy atom. The number of hydrogen-bond acceptors (Lipinski definition) is 1. The summed E-state index contributed by atoms with van der Waals surface area (Å²) in [6.07, 6.45) is 0. The van der Waals surface area contributed by atoms with E-state index in [0.717, 1.165) is 22.4 Å². The van der Waals surface area contributed by atoms with Crippen LogP contribution in [-0.2, 0) is 6.61 Å². The number of hydrogen-bond donors (Lipinski definition) is 0. The fraction of sp³-hybridized carbons (Fsp3) is 0.0400. The molecule has 4 aromatic rings. The minimum atomic E-state index is -0.419. The molecule has 0 fully saturated rings. The van der Waals surface area contributed by atoms with Crippen molar-refractivity contribution < 1.29 is 13.5 Å². The largest absolute Gasteiger partial charge is 0.489 e. The van der Waals surface area contributed by atoms with E-state index in [1.54, 1.807) is 18.2 Å². The van der Waals surface area contributed by atoms with Crippen LogP contribution < -0.4 is 4.74 Å². The molecule has 0 saturated heterocycles. The van der Waals surface area contributed by atoms with E-state index in [-0.39, 0.29) is 0 Å². The summed E-state index contributed by atoms with van der Waals surface area (Å²) in [5.41, 5.74) is 3.59. The lowest BCUT2D eigenvalue weighted by atomic mass is 9.99. The smallest absolute Gasteiger partial charge is 0.137 e. The van der Waals surface area contributed by atoms with E-state index in [0.29, 0.717) is 22.2 Å². The standard InChI is InChI=1S/C25H17BrF2O/c26-23-13-9-20(15-25(23)28)22-12-8-19(14-24(22)27)18-6-10-21(11-7-18)29-16-17-4-2-1-3-5-17/h1-15H,16H2. The third-order valence-electron chi connectivity index (χ3n) is 4.64. The van der Waals surface area contributed by atoms with Crippen molar-refractivity contribution in [1.82, 2.24) is 0 Å². The summed E-state index contributed by atoms with van der Waals surface area (Å²) in [6, 6.07) is 27.0. The molecule has 0 aromatic heterocycles. The van der Waals surface area contributed by atoms with Gasteiger partial charge in [0.25, 0.3) is 0 Å². The fourth-order valence-corrected chi connectivity index (χ4v) is 3.32. The fourth-order valence-electron chi connectivity index (χ4n) is 3.08. The Bertz CT molecular complexity index is 1130. The van der Waals surface area contributed by atoms with Gasteiger partial charge in [-0.25, -0.2) is 8.78 Å². The van der Waals surface area contributed by atoms with Crippen LogP contribution in [0.5, 0.6) is 5.75 Å². The number of rotatable bonds is 5. The van der Waals surface area contributed by atoms with Crippen LogP contribution in [0.4, 0.5) is 8.78 Å². The molecule has 0 unspecified atom stereocenters. The molecule has 0 saturated carbocycles. The normalized spacial score (nSPS) is 10.7. The van der Waals surface area contributed by atoms with Gasteiger partial charge in [-0.3, -0.25) is 0 Å². The summed E-state index contributed by atoms with van der Waals surface area (Å²) in [7, 11) is 0. The van der Waals surface area contributed by atoms with Gasteiger partial charge in [0.05, 0.1) is 4.47 Å². The Balaban J connectivity index is 1.51. The average molecular weight is 451 g/mol. The first-order valence-corrected chi connectivity index (χ1v) is 9.91. The number of halogens is 3. The molecule has 0 aliphatic carbocycles. The molecule has 0 aliphatic rings. The molecule has 0 amide bonds. The second kappa shape index (κ2) is 8.58. The molecular formula is C25H17BrF2O. The third-order valence-corrected chi connectivity index (χ3v) is 5.28. The summed E-state index contributed by atoms with van der Waals surface area (Å²) < 4.78 is 34.6.